The number of rotatable bonds is 7. The Bertz CT molecular complexity index is 1370. The number of anilines is 1. The molecule has 33 heavy (non-hydrogen) atoms. The normalized spacial score (nSPS) is 10.9. The number of aromatic nitrogens is 9. The Balaban J connectivity index is 1.20. The summed E-state index contributed by atoms with van der Waals surface area (Å²) in [6.07, 6.45) is 3.25. The molecule has 3 aromatic heterocycles. The van der Waals surface area contributed by atoms with Crippen molar-refractivity contribution >= 4 is 11.9 Å². The fraction of sp³-hybridized carbons (Fsp3) is 0.136. The van der Waals surface area contributed by atoms with Gasteiger partial charge in [0.05, 0.1) is 6.54 Å². The number of nitrogens with zero attached hydrogens (tertiary/aromatic N) is 9. The Kier molecular flexibility index (Phi) is 5.42. The van der Waals surface area contributed by atoms with Crippen molar-refractivity contribution in [2.24, 2.45) is 0 Å². The van der Waals surface area contributed by atoms with Crippen LogP contribution in [0.25, 0.3) is 11.4 Å². The van der Waals surface area contributed by atoms with E-state index in [0.717, 1.165) is 11.1 Å². The smallest absolute Gasteiger partial charge is 0.278 e. The summed E-state index contributed by atoms with van der Waals surface area (Å²) < 4.78 is 3.22. The molecule has 0 fully saturated rings. The lowest BCUT2D eigenvalue weighted by atomic mass is 10.1. The molecule has 0 spiro atoms. The van der Waals surface area contributed by atoms with Crippen molar-refractivity contribution in [2.45, 2.75) is 20.1 Å². The zero-order valence-electron chi connectivity index (χ0n) is 17.8. The first-order valence-corrected chi connectivity index (χ1v) is 10.3. The molecular weight excluding hydrogens is 420 g/mol. The van der Waals surface area contributed by atoms with Crippen LogP contribution in [0.15, 0.2) is 73.2 Å². The zero-order chi connectivity index (χ0) is 22.6. The molecule has 0 saturated carbocycles. The number of aryl methyl sites for hydroxylation is 1. The molecule has 5 aromatic rings. The number of carbonyl (C=O) groups is 1. The van der Waals surface area contributed by atoms with Crippen LogP contribution < -0.4 is 5.32 Å². The van der Waals surface area contributed by atoms with E-state index in [2.05, 4.69) is 35.9 Å². The summed E-state index contributed by atoms with van der Waals surface area (Å²) in [5.74, 6) is 0.332. The predicted octanol–water partition coefficient (Wildman–Crippen LogP) is 2.24. The molecule has 11 heteroatoms. The Hall–Kier alpha value is -4.67. The summed E-state index contributed by atoms with van der Waals surface area (Å²) in [5, 5.41) is 23.7. The number of carbonyl (C=O) groups excluding carboxylic acids is 1. The first-order valence-electron chi connectivity index (χ1n) is 10.3. The van der Waals surface area contributed by atoms with Gasteiger partial charge in [-0.25, -0.2) is 14.3 Å². The highest BCUT2D eigenvalue weighted by Crippen LogP contribution is 2.12. The number of amides is 1. The maximum atomic E-state index is 12.5. The molecular formula is C22H20N10O. The summed E-state index contributed by atoms with van der Waals surface area (Å²) >= 11 is 0. The maximum Gasteiger partial charge on any atom is 0.278 e. The molecule has 0 atom stereocenters. The van der Waals surface area contributed by atoms with Gasteiger partial charge in [-0.2, -0.15) is 5.10 Å². The minimum atomic E-state index is -0.404. The largest absolute Gasteiger partial charge is 0.288 e. The van der Waals surface area contributed by atoms with Gasteiger partial charge in [0.15, 0.2) is 12.4 Å². The van der Waals surface area contributed by atoms with Gasteiger partial charge in [-0.15, -0.1) is 20.1 Å². The number of hydrogen-bond donors (Lipinski definition) is 1. The number of benzene rings is 2. The molecule has 1 amide bonds. The van der Waals surface area contributed by atoms with E-state index in [9.17, 15) is 4.79 Å². The van der Waals surface area contributed by atoms with Crippen LogP contribution in [0.5, 0.6) is 0 Å². The average molecular weight is 440 g/mol. The Labute approximate surface area is 188 Å². The van der Waals surface area contributed by atoms with E-state index in [1.807, 2.05) is 61.5 Å². The van der Waals surface area contributed by atoms with Gasteiger partial charge in [0.1, 0.15) is 6.33 Å². The summed E-state index contributed by atoms with van der Waals surface area (Å²) in [4.78, 5) is 18.1. The number of nitrogens with one attached hydrogen (secondary N) is 1. The highest BCUT2D eigenvalue weighted by atomic mass is 16.2. The van der Waals surface area contributed by atoms with Crippen molar-refractivity contribution in [3.63, 3.8) is 0 Å². The maximum absolute atomic E-state index is 12.5. The lowest BCUT2D eigenvalue weighted by Crippen LogP contribution is -2.16. The van der Waals surface area contributed by atoms with E-state index in [-0.39, 0.29) is 18.3 Å². The third kappa shape index (κ3) is 4.82. The monoisotopic (exact) mass is 440 g/mol. The first kappa shape index (κ1) is 20.2. The minimum absolute atomic E-state index is 0.215. The van der Waals surface area contributed by atoms with Gasteiger partial charge in [0.25, 0.3) is 5.91 Å². The van der Waals surface area contributed by atoms with Crippen molar-refractivity contribution < 1.29 is 4.79 Å². The van der Waals surface area contributed by atoms with Crippen LogP contribution in [0.4, 0.5) is 5.95 Å². The molecule has 0 unspecified atom stereocenters. The van der Waals surface area contributed by atoms with Crippen molar-refractivity contribution in [1.29, 1.82) is 0 Å². The quantitative estimate of drug-likeness (QED) is 0.412. The molecule has 3 heterocycles. The fourth-order valence-electron chi connectivity index (χ4n) is 3.17. The molecule has 0 bridgehead atoms. The second-order valence-electron chi connectivity index (χ2n) is 7.44. The first-order chi connectivity index (χ1) is 16.1. The van der Waals surface area contributed by atoms with E-state index < -0.39 is 5.91 Å². The Morgan fingerprint density at radius 3 is 2.58 bits per heavy atom. The molecule has 0 saturated heterocycles. The molecule has 2 aromatic carbocycles. The molecule has 11 nitrogen and oxygen atoms in total. The molecule has 0 aliphatic rings. The van der Waals surface area contributed by atoms with E-state index in [0.29, 0.717) is 12.4 Å². The molecule has 164 valence electrons. The Morgan fingerprint density at radius 1 is 0.939 bits per heavy atom. The molecule has 5 rings (SSSR count). The van der Waals surface area contributed by atoms with Gasteiger partial charge in [-0.3, -0.25) is 10.1 Å². The average Bonchev–Trinajstić information content (AvgIpc) is 3.58. The van der Waals surface area contributed by atoms with Gasteiger partial charge in [0.2, 0.25) is 11.8 Å². The fourth-order valence-corrected chi connectivity index (χ4v) is 3.17. The standard InChI is InChI=1S/C22H20N10O/c1-16-7-9-17(10-8-16)13-31-14-23-22(28-31)24-21(33)19-11-12-30(26-19)15-32-27-20(25-29-32)18-5-3-2-4-6-18/h2-12,14H,13,15H2,1H3,(H,24,28,33). The highest BCUT2D eigenvalue weighted by Gasteiger charge is 2.13. The molecule has 0 aliphatic heterocycles. The SMILES string of the molecule is Cc1ccc(Cn2cnc(NC(=O)c3ccn(Cn4nnc(-c5ccccc5)n4)n3)n2)cc1. The molecule has 0 aliphatic carbocycles. The summed E-state index contributed by atoms with van der Waals surface area (Å²) in [5.41, 5.74) is 3.40. The minimum Gasteiger partial charge on any atom is -0.288 e. The van der Waals surface area contributed by atoms with E-state index >= 15 is 0 Å². The van der Waals surface area contributed by atoms with Gasteiger partial charge in [-0.05, 0) is 23.8 Å². The second-order valence-corrected chi connectivity index (χ2v) is 7.44. The van der Waals surface area contributed by atoms with Crippen molar-refractivity contribution in [2.75, 3.05) is 5.32 Å². The van der Waals surface area contributed by atoms with Crippen LogP contribution in [0.2, 0.25) is 0 Å². The van der Waals surface area contributed by atoms with Crippen LogP contribution in [0.3, 0.4) is 0 Å². The predicted molar refractivity (Wildman–Crippen MR) is 119 cm³/mol. The summed E-state index contributed by atoms with van der Waals surface area (Å²) in [6.45, 7) is 2.82. The van der Waals surface area contributed by atoms with E-state index in [1.165, 1.54) is 10.4 Å². The van der Waals surface area contributed by atoms with Crippen LogP contribution in [0, 0.1) is 6.92 Å². The van der Waals surface area contributed by atoms with Crippen LogP contribution in [-0.4, -0.2) is 50.7 Å². The van der Waals surface area contributed by atoms with Gasteiger partial charge in [-0.1, -0.05) is 60.2 Å². The lowest BCUT2D eigenvalue weighted by Gasteiger charge is -2.02. The highest BCUT2D eigenvalue weighted by molar-refractivity contribution is 6.01. The van der Waals surface area contributed by atoms with E-state index in [1.54, 1.807) is 28.0 Å². The lowest BCUT2D eigenvalue weighted by molar-refractivity contribution is 0.102. The number of tetrazole rings is 1. The van der Waals surface area contributed by atoms with Crippen molar-refractivity contribution in [3.8, 4) is 11.4 Å². The van der Waals surface area contributed by atoms with Crippen molar-refractivity contribution in [3.05, 3.63) is 90.0 Å². The summed E-state index contributed by atoms with van der Waals surface area (Å²) in [7, 11) is 0. The van der Waals surface area contributed by atoms with Crippen LogP contribution in [-0.2, 0) is 13.2 Å². The second kappa shape index (κ2) is 8.83. The number of hydrogen-bond acceptors (Lipinski definition) is 7. The topological polar surface area (TPSA) is 121 Å². The summed E-state index contributed by atoms with van der Waals surface area (Å²) in [6, 6.07) is 19.3. The van der Waals surface area contributed by atoms with E-state index in [4.69, 9.17) is 0 Å². The van der Waals surface area contributed by atoms with Gasteiger partial charge < -0.3 is 0 Å². The third-order valence-electron chi connectivity index (χ3n) is 4.86. The Morgan fingerprint density at radius 2 is 1.76 bits per heavy atom. The molecule has 1 N–H and O–H groups in total. The molecule has 0 radical (unpaired) electrons. The van der Waals surface area contributed by atoms with Crippen LogP contribution >= 0.6 is 0 Å². The van der Waals surface area contributed by atoms with Gasteiger partial charge in [0, 0.05) is 11.8 Å². The van der Waals surface area contributed by atoms with Gasteiger partial charge >= 0.3 is 0 Å². The van der Waals surface area contributed by atoms with Crippen LogP contribution in [0.1, 0.15) is 21.6 Å². The zero-order valence-corrected chi connectivity index (χ0v) is 17.8. The third-order valence-corrected chi connectivity index (χ3v) is 4.86. The van der Waals surface area contributed by atoms with Crippen molar-refractivity contribution in [1.82, 2.24) is 44.8 Å².